The fraction of sp³-hybridized carbons (Fsp3) is 0.182. The van der Waals surface area contributed by atoms with Gasteiger partial charge in [-0.2, -0.15) is 0 Å². The highest BCUT2D eigenvalue weighted by atomic mass is 19.1. The van der Waals surface area contributed by atoms with Crippen molar-refractivity contribution >= 4 is 10.8 Å². The molecule has 0 fully saturated rings. The van der Waals surface area contributed by atoms with E-state index in [4.69, 9.17) is 0 Å². The third kappa shape index (κ3) is 1.38. The first-order chi connectivity index (χ1) is 7.15. The van der Waals surface area contributed by atoms with E-state index in [0.717, 1.165) is 0 Å². The summed E-state index contributed by atoms with van der Waals surface area (Å²) < 4.78 is 13.6. The highest BCUT2D eigenvalue weighted by Gasteiger charge is 2.11. The Morgan fingerprint density at radius 2 is 2.20 bits per heavy atom. The van der Waals surface area contributed by atoms with Crippen LogP contribution >= 0.6 is 0 Å². The molecule has 2 N–H and O–H groups in total. The second kappa shape index (κ2) is 3.38. The zero-order valence-electron chi connectivity index (χ0n) is 8.17. The molecule has 0 saturated heterocycles. The van der Waals surface area contributed by atoms with Crippen LogP contribution in [0.5, 0.6) is 5.75 Å². The molecule has 0 atom stereocenters. The fourth-order valence-corrected chi connectivity index (χ4v) is 1.65. The number of pyridine rings is 1. The first kappa shape index (κ1) is 9.71. The lowest BCUT2D eigenvalue weighted by molar-refractivity contribution is 0.436. The third-order valence-corrected chi connectivity index (χ3v) is 2.45. The largest absolute Gasteiger partial charge is 0.505 e. The van der Waals surface area contributed by atoms with Gasteiger partial charge in [-0.05, 0) is 24.1 Å². The van der Waals surface area contributed by atoms with Crippen LogP contribution in [0.4, 0.5) is 4.39 Å². The molecule has 0 radical (unpaired) electrons. The van der Waals surface area contributed by atoms with Crippen LogP contribution in [0.1, 0.15) is 12.5 Å². The molecule has 2 aromatic rings. The molecular weight excluding hydrogens is 197 g/mol. The second-order valence-corrected chi connectivity index (χ2v) is 3.32. The van der Waals surface area contributed by atoms with Crippen molar-refractivity contribution in [2.24, 2.45) is 0 Å². The number of aromatic nitrogens is 1. The van der Waals surface area contributed by atoms with Crippen molar-refractivity contribution < 1.29 is 9.50 Å². The fourth-order valence-electron chi connectivity index (χ4n) is 1.65. The smallest absolute Gasteiger partial charge is 0.255 e. The molecule has 78 valence electrons. The monoisotopic (exact) mass is 207 g/mol. The van der Waals surface area contributed by atoms with Gasteiger partial charge in [0.05, 0.1) is 5.39 Å². The minimum Gasteiger partial charge on any atom is -0.505 e. The number of rotatable bonds is 1. The molecule has 0 unspecified atom stereocenters. The van der Waals surface area contributed by atoms with Crippen molar-refractivity contribution in [1.82, 2.24) is 4.98 Å². The minimum absolute atomic E-state index is 0.209. The highest BCUT2D eigenvalue weighted by Crippen LogP contribution is 2.25. The quantitative estimate of drug-likeness (QED) is 0.750. The van der Waals surface area contributed by atoms with Crippen LogP contribution in [0, 0.1) is 5.82 Å². The Bertz CT molecular complexity index is 575. The van der Waals surface area contributed by atoms with E-state index in [1.165, 1.54) is 18.3 Å². The first-order valence-corrected chi connectivity index (χ1v) is 4.67. The maximum absolute atomic E-state index is 13.6. The number of aromatic amines is 1. The van der Waals surface area contributed by atoms with Crippen LogP contribution in [0.3, 0.4) is 0 Å². The van der Waals surface area contributed by atoms with Crippen LogP contribution < -0.4 is 5.56 Å². The SMILES string of the molecule is CCc1c[nH]c(=O)c2ccc(O)c(F)c12. The summed E-state index contributed by atoms with van der Waals surface area (Å²) in [6, 6.07) is 2.61. The Balaban J connectivity index is 3.02. The molecule has 0 aliphatic heterocycles. The van der Waals surface area contributed by atoms with Crippen molar-refractivity contribution in [1.29, 1.82) is 0 Å². The van der Waals surface area contributed by atoms with Crippen LogP contribution in [0.15, 0.2) is 23.1 Å². The van der Waals surface area contributed by atoms with Gasteiger partial charge >= 0.3 is 0 Å². The number of aromatic hydroxyl groups is 1. The van der Waals surface area contributed by atoms with Gasteiger partial charge in [-0.25, -0.2) is 4.39 Å². The number of halogens is 1. The lowest BCUT2D eigenvalue weighted by Gasteiger charge is -2.05. The average Bonchev–Trinajstić information content (AvgIpc) is 2.24. The van der Waals surface area contributed by atoms with E-state index in [9.17, 15) is 14.3 Å². The van der Waals surface area contributed by atoms with Gasteiger partial charge in [-0.3, -0.25) is 4.79 Å². The van der Waals surface area contributed by atoms with E-state index in [1.54, 1.807) is 0 Å². The number of phenolic OH excluding ortho intramolecular Hbond substituents is 1. The van der Waals surface area contributed by atoms with Gasteiger partial charge in [0.25, 0.3) is 5.56 Å². The normalized spacial score (nSPS) is 10.8. The zero-order chi connectivity index (χ0) is 11.0. The maximum Gasteiger partial charge on any atom is 0.255 e. The summed E-state index contributed by atoms with van der Waals surface area (Å²) in [5.41, 5.74) is 0.333. The van der Waals surface area contributed by atoms with Gasteiger partial charge in [-0.1, -0.05) is 6.92 Å². The molecule has 0 spiro atoms. The summed E-state index contributed by atoms with van der Waals surface area (Å²) in [4.78, 5) is 13.9. The molecule has 15 heavy (non-hydrogen) atoms. The first-order valence-electron chi connectivity index (χ1n) is 4.67. The van der Waals surface area contributed by atoms with E-state index in [0.29, 0.717) is 12.0 Å². The number of H-pyrrole nitrogens is 1. The molecule has 0 aliphatic rings. The number of phenols is 1. The molecule has 1 aromatic heterocycles. The van der Waals surface area contributed by atoms with E-state index in [2.05, 4.69) is 4.98 Å². The van der Waals surface area contributed by atoms with Gasteiger partial charge in [0, 0.05) is 11.6 Å². The van der Waals surface area contributed by atoms with Crippen LogP contribution in [-0.2, 0) is 6.42 Å². The van der Waals surface area contributed by atoms with Crippen LogP contribution in [0.25, 0.3) is 10.8 Å². The van der Waals surface area contributed by atoms with Gasteiger partial charge < -0.3 is 10.1 Å². The zero-order valence-corrected chi connectivity index (χ0v) is 8.17. The summed E-state index contributed by atoms with van der Waals surface area (Å²) in [7, 11) is 0. The van der Waals surface area contributed by atoms with E-state index >= 15 is 0 Å². The molecule has 2 rings (SSSR count). The summed E-state index contributed by atoms with van der Waals surface area (Å²) >= 11 is 0. The van der Waals surface area contributed by atoms with Crippen molar-refractivity contribution in [3.63, 3.8) is 0 Å². The van der Waals surface area contributed by atoms with E-state index in [1.807, 2.05) is 6.92 Å². The van der Waals surface area contributed by atoms with E-state index < -0.39 is 11.6 Å². The molecule has 4 heteroatoms. The second-order valence-electron chi connectivity index (χ2n) is 3.32. The van der Waals surface area contributed by atoms with Crippen molar-refractivity contribution in [3.8, 4) is 5.75 Å². The van der Waals surface area contributed by atoms with E-state index in [-0.39, 0.29) is 16.3 Å². The molecule has 0 saturated carbocycles. The molecule has 1 heterocycles. The predicted molar refractivity (Wildman–Crippen MR) is 55.6 cm³/mol. The Hall–Kier alpha value is -1.84. The van der Waals surface area contributed by atoms with Crippen molar-refractivity contribution in [3.05, 3.63) is 40.1 Å². The topological polar surface area (TPSA) is 53.1 Å². The molecule has 0 amide bonds. The van der Waals surface area contributed by atoms with Crippen molar-refractivity contribution in [2.45, 2.75) is 13.3 Å². The highest BCUT2D eigenvalue weighted by molar-refractivity contribution is 5.86. The predicted octanol–water partition coefficient (Wildman–Crippen LogP) is 1.94. The number of hydrogen-bond acceptors (Lipinski definition) is 2. The third-order valence-electron chi connectivity index (χ3n) is 2.45. The summed E-state index contributed by atoms with van der Waals surface area (Å²) in [5.74, 6) is -1.15. The molecule has 0 aliphatic carbocycles. The number of fused-ring (bicyclic) bond motifs is 1. The van der Waals surface area contributed by atoms with Crippen LogP contribution in [0.2, 0.25) is 0 Å². The number of nitrogens with one attached hydrogen (secondary N) is 1. The molecule has 0 bridgehead atoms. The summed E-state index contributed by atoms with van der Waals surface area (Å²) in [6.07, 6.45) is 2.07. The number of aryl methyl sites for hydroxylation is 1. The Kier molecular flexibility index (Phi) is 2.19. The Morgan fingerprint density at radius 3 is 2.87 bits per heavy atom. The average molecular weight is 207 g/mol. The standard InChI is InChI=1S/C11H10FNO2/c1-2-6-5-13-11(15)7-3-4-8(14)10(12)9(6)7/h3-5,14H,2H2,1H3,(H,13,15). The minimum atomic E-state index is -0.726. The van der Waals surface area contributed by atoms with Crippen molar-refractivity contribution in [2.75, 3.05) is 0 Å². The Morgan fingerprint density at radius 1 is 1.47 bits per heavy atom. The van der Waals surface area contributed by atoms with Gasteiger partial charge in [0.15, 0.2) is 11.6 Å². The molecular formula is C11H10FNO2. The Labute approximate surface area is 85.2 Å². The van der Waals surface area contributed by atoms with Gasteiger partial charge in [0.1, 0.15) is 0 Å². The number of benzene rings is 1. The van der Waals surface area contributed by atoms with Crippen LogP contribution in [-0.4, -0.2) is 10.1 Å². The van der Waals surface area contributed by atoms with Gasteiger partial charge in [-0.15, -0.1) is 0 Å². The molecule has 3 nitrogen and oxygen atoms in total. The maximum atomic E-state index is 13.6. The number of hydrogen-bond donors (Lipinski definition) is 2. The summed E-state index contributed by atoms with van der Waals surface area (Å²) in [5, 5.41) is 9.72. The lowest BCUT2D eigenvalue weighted by atomic mass is 10.0. The summed E-state index contributed by atoms with van der Waals surface area (Å²) in [6.45, 7) is 1.86. The van der Waals surface area contributed by atoms with Gasteiger partial charge in [0.2, 0.25) is 0 Å². The molecule has 1 aromatic carbocycles. The lowest BCUT2D eigenvalue weighted by Crippen LogP contribution is -2.07.